The summed E-state index contributed by atoms with van der Waals surface area (Å²) in [4.78, 5) is 32.9. The molecule has 0 bridgehead atoms. The summed E-state index contributed by atoms with van der Waals surface area (Å²) in [6, 6.07) is 10.7. The van der Waals surface area contributed by atoms with Crippen molar-refractivity contribution in [3.8, 4) is 33.9 Å². The molecule has 1 aromatic carbocycles. The molecule has 6 aromatic rings. The minimum absolute atomic E-state index is 0.141. The highest BCUT2D eigenvalue weighted by molar-refractivity contribution is 5.98. The Balaban J connectivity index is 1.45. The van der Waals surface area contributed by atoms with Crippen LogP contribution in [0.5, 0.6) is 0 Å². The Morgan fingerprint density at radius 1 is 0.946 bits per heavy atom. The molecule has 0 aliphatic rings. The van der Waals surface area contributed by atoms with Gasteiger partial charge >= 0.3 is 0 Å². The number of amides is 1. The highest BCUT2D eigenvalue weighted by atomic mass is 19.1. The monoisotopic (exact) mass is 492 g/mol. The fraction of sp³-hybridized carbons (Fsp3) is 0.111. The van der Waals surface area contributed by atoms with Gasteiger partial charge in [0.1, 0.15) is 17.0 Å². The van der Waals surface area contributed by atoms with Crippen LogP contribution in [-0.4, -0.2) is 41.0 Å². The van der Waals surface area contributed by atoms with Gasteiger partial charge in [-0.3, -0.25) is 24.8 Å². The van der Waals surface area contributed by atoms with E-state index in [0.29, 0.717) is 50.4 Å². The Labute approximate surface area is 210 Å². The molecule has 0 fully saturated rings. The summed E-state index contributed by atoms with van der Waals surface area (Å²) >= 11 is 0. The lowest BCUT2D eigenvalue weighted by atomic mass is 10.0. The van der Waals surface area contributed by atoms with Crippen LogP contribution < -0.4 is 5.32 Å². The maximum Gasteiger partial charge on any atom is 0.226 e. The van der Waals surface area contributed by atoms with Crippen molar-refractivity contribution in [3.63, 3.8) is 0 Å². The Morgan fingerprint density at radius 2 is 1.78 bits per heavy atom. The fourth-order valence-corrected chi connectivity index (χ4v) is 4.18. The van der Waals surface area contributed by atoms with Gasteiger partial charge in [-0.15, -0.1) is 0 Å². The van der Waals surface area contributed by atoms with Crippen molar-refractivity contribution in [2.75, 3.05) is 5.32 Å². The maximum atomic E-state index is 16.0. The number of carbonyl (C=O) groups excluding carboxylic acids is 1. The first kappa shape index (κ1) is 22.5. The third-order valence-corrected chi connectivity index (χ3v) is 6.09. The number of carbonyl (C=O) groups is 1. The van der Waals surface area contributed by atoms with Crippen molar-refractivity contribution in [1.82, 2.24) is 35.1 Å². The molecular weight excluding hydrogens is 471 g/mol. The summed E-state index contributed by atoms with van der Waals surface area (Å²) in [5.41, 5.74) is 5.20. The van der Waals surface area contributed by atoms with Gasteiger partial charge < -0.3 is 10.3 Å². The second kappa shape index (κ2) is 8.90. The molecule has 9 nitrogen and oxygen atoms in total. The predicted molar refractivity (Wildman–Crippen MR) is 139 cm³/mol. The summed E-state index contributed by atoms with van der Waals surface area (Å²) in [6.45, 7) is 3.60. The van der Waals surface area contributed by atoms with Gasteiger partial charge in [0.2, 0.25) is 5.91 Å². The van der Waals surface area contributed by atoms with Gasteiger partial charge in [0.15, 0.2) is 5.82 Å². The normalized spacial score (nSPS) is 11.5. The Bertz CT molecular complexity index is 1770. The number of halogens is 1. The number of aromatic amines is 2. The van der Waals surface area contributed by atoms with Crippen LogP contribution in [0.3, 0.4) is 0 Å². The SMILES string of the molecule is CC(C)C(=O)Nc1cncc(-c2ccc3[nH]nc(-c4nc5c(-c6ccncc6)nccc5[nH]4)c3c2F)c1. The summed E-state index contributed by atoms with van der Waals surface area (Å²) < 4.78 is 16.0. The molecule has 0 unspecified atom stereocenters. The van der Waals surface area contributed by atoms with Crippen molar-refractivity contribution in [2.24, 2.45) is 5.92 Å². The number of benzene rings is 1. The smallest absolute Gasteiger partial charge is 0.226 e. The van der Waals surface area contributed by atoms with E-state index < -0.39 is 5.82 Å². The number of hydrogen-bond donors (Lipinski definition) is 3. The number of nitrogens with zero attached hydrogens (tertiary/aromatic N) is 5. The molecule has 0 aliphatic heterocycles. The van der Waals surface area contributed by atoms with Crippen molar-refractivity contribution in [1.29, 1.82) is 0 Å². The number of imidazole rings is 1. The highest BCUT2D eigenvalue weighted by Gasteiger charge is 2.21. The molecule has 0 spiro atoms. The van der Waals surface area contributed by atoms with Crippen molar-refractivity contribution in [2.45, 2.75) is 13.8 Å². The molecule has 5 heterocycles. The lowest BCUT2D eigenvalue weighted by molar-refractivity contribution is -0.118. The number of hydrogen-bond acceptors (Lipinski definition) is 6. The lowest BCUT2D eigenvalue weighted by Crippen LogP contribution is -2.17. The second-order valence-electron chi connectivity index (χ2n) is 8.91. The minimum atomic E-state index is -0.469. The van der Waals surface area contributed by atoms with Gasteiger partial charge in [0.25, 0.3) is 0 Å². The molecule has 1 amide bonds. The molecule has 0 atom stereocenters. The van der Waals surface area contributed by atoms with Crippen LogP contribution in [0.15, 0.2) is 67.4 Å². The average molecular weight is 493 g/mol. The Hall–Kier alpha value is -4.99. The molecule has 182 valence electrons. The molecule has 0 radical (unpaired) electrons. The molecule has 0 saturated carbocycles. The first-order valence-electron chi connectivity index (χ1n) is 11.7. The molecule has 0 saturated heterocycles. The zero-order valence-corrected chi connectivity index (χ0v) is 20.0. The number of pyridine rings is 3. The van der Waals surface area contributed by atoms with Crippen LogP contribution in [0.25, 0.3) is 55.8 Å². The maximum absolute atomic E-state index is 16.0. The summed E-state index contributed by atoms with van der Waals surface area (Å²) in [5.74, 6) is -0.388. The van der Waals surface area contributed by atoms with Crippen LogP contribution >= 0.6 is 0 Å². The van der Waals surface area contributed by atoms with Gasteiger partial charge in [-0.2, -0.15) is 5.10 Å². The summed E-state index contributed by atoms with van der Waals surface area (Å²) in [6.07, 6.45) is 8.17. The Kier molecular flexibility index (Phi) is 5.41. The van der Waals surface area contributed by atoms with Crippen LogP contribution in [0, 0.1) is 11.7 Å². The molecule has 6 rings (SSSR count). The number of fused-ring (bicyclic) bond motifs is 2. The zero-order valence-electron chi connectivity index (χ0n) is 20.0. The summed E-state index contributed by atoms with van der Waals surface area (Å²) in [5, 5.41) is 10.4. The molecule has 3 N–H and O–H groups in total. The first-order valence-corrected chi connectivity index (χ1v) is 11.7. The van der Waals surface area contributed by atoms with E-state index in [0.717, 1.165) is 11.1 Å². The predicted octanol–water partition coefficient (Wildman–Crippen LogP) is 5.36. The van der Waals surface area contributed by atoms with E-state index in [-0.39, 0.29) is 11.8 Å². The van der Waals surface area contributed by atoms with E-state index in [2.05, 4.69) is 35.5 Å². The standard InChI is InChI=1S/C27H21FN8O/c1-14(2)27(37)32-17-11-16(12-30-13-17)18-3-4-19-21(22(18)28)25(36-35-19)26-33-20-7-10-31-23(24(20)34-26)15-5-8-29-9-6-15/h3-14H,1-2H3,(H,32,37)(H,33,34)(H,35,36). The molecule has 10 heteroatoms. The lowest BCUT2D eigenvalue weighted by Gasteiger charge is -2.10. The number of H-pyrrole nitrogens is 2. The molecule has 0 aliphatic carbocycles. The van der Waals surface area contributed by atoms with Gasteiger partial charge in [-0.1, -0.05) is 13.8 Å². The van der Waals surface area contributed by atoms with Gasteiger partial charge in [-0.05, 0) is 36.4 Å². The van der Waals surface area contributed by atoms with Gasteiger partial charge in [0, 0.05) is 47.4 Å². The van der Waals surface area contributed by atoms with Crippen LogP contribution in [-0.2, 0) is 4.79 Å². The van der Waals surface area contributed by atoms with Crippen LogP contribution in [0.1, 0.15) is 13.8 Å². The fourth-order valence-electron chi connectivity index (χ4n) is 4.18. The van der Waals surface area contributed by atoms with Gasteiger partial charge in [0.05, 0.1) is 34.0 Å². The Morgan fingerprint density at radius 3 is 2.59 bits per heavy atom. The van der Waals surface area contributed by atoms with Crippen LogP contribution in [0.4, 0.5) is 10.1 Å². The number of nitrogens with one attached hydrogen (secondary N) is 3. The molecule has 37 heavy (non-hydrogen) atoms. The van der Waals surface area contributed by atoms with E-state index in [1.807, 2.05) is 18.2 Å². The van der Waals surface area contributed by atoms with Crippen LogP contribution in [0.2, 0.25) is 0 Å². The van der Waals surface area contributed by atoms with Crippen molar-refractivity contribution < 1.29 is 9.18 Å². The average Bonchev–Trinajstić information content (AvgIpc) is 3.54. The number of anilines is 1. The van der Waals surface area contributed by atoms with E-state index in [9.17, 15) is 4.79 Å². The van der Waals surface area contributed by atoms with Gasteiger partial charge in [-0.25, -0.2) is 9.37 Å². The van der Waals surface area contributed by atoms with E-state index in [4.69, 9.17) is 4.98 Å². The van der Waals surface area contributed by atoms with E-state index >= 15 is 4.39 Å². The zero-order chi connectivity index (χ0) is 25.5. The van der Waals surface area contributed by atoms with E-state index in [1.54, 1.807) is 56.8 Å². The number of aromatic nitrogens is 7. The highest BCUT2D eigenvalue weighted by Crippen LogP contribution is 2.35. The summed E-state index contributed by atoms with van der Waals surface area (Å²) in [7, 11) is 0. The minimum Gasteiger partial charge on any atom is -0.336 e. The third kappa shape index (κ3) is 3.98. The quantitative estimate of drug-likeness (QED) is 0.298. The van der Waals surface area contributed by atoms with Crippen molar-refractivity contribution in [3.05, 3.63) is 73.2 Å². The van der Waals surface area contributed by atoms with E-state index in [1.165, 1.54) is 6.20 Å². The first-order chi connectivity index (χ1) is 18.0. The third-order valence-electron chi connectivity index (χ3n) is 6.09. The molecule has 5 aromatic heterocycles. The second-order valence-corrected chi connectivity index (χ2v) is 8.91. The molecular formula is C27H21FN8O. The number of rotatable bonds is 5. The topological polar surface area (TPSA) is 125 Å². The largest absolute Gasteiger partial charge is 0.336 e. The van der Waals surface area contributed by atoms with Crippen molar-refractivity contribution >= 4 is 33.5 Å².